The summed E-state index contributed by atoms with van der Waals surface area (Å²) in [5.74, 6) is 0. The molecule has 1 heterocycles. The van der Waals surface area contributed by atoms with Gasteiger partial charge in [0.25, 0.3) is 0 Å². The monoisotopic (exact) mass is 315 g/mol. The Balaban J connectivity index is 1.57. The molecular formula is C17H21N3OS. The molecule has 0 aliphatic heterocycles. The number of anilines is 1. The van der Waals surface area contributed by atoms with E-state index in [0.717, 1.165) is 34.8 Å². The van der Waals surface area contributed by atoms with Crippen molar-refractivity contribution in [3.8, 4) is 10.6 Å². The summed E-state index contributed by atoms with van der Waals surface area (Å²) in [6.45, 7) is 1.99. The Bertz CT molecular complexity index is 630. The molecular weight excluding hydrogens is 294 g/mol. The van der Waals surface area contributed by atoms with E-state index in [1.165, 1.54) is 19.3 Å². The molecule has 4 nitrogen and oxygen atoms in total. The summed E-state index contributed by atoms with van der Waals surface area (Å²) in [7, 11) is 0. The molecule has 0 saturated heterocycles. The van der Waals surface area contributed by atoms with Gasteiger partial charge in [0.05, 0.1) is 0 Å². The lowest BCUT2D eigenvalue weighted by molar-refractivity contribution is 0.244. The molecule has 3 rings (SSSR count). The highest BCUT2D eigenvalue weighted by Gasteiger charge is 2.15. The molecule has 5 heteroatoms. The third-order valence-corrected chi connectivity index (χ3v) is 4.96. The highest BCUT2D eigenvalue weighted by molar-refractivity contribution is 7.13. The molecule has 1 aliphatic carbocycles. The number of rotatable bonds is 3. The fourth-order valence-corrected chi connectivity index (χ4v) is 3.59. The molecule has 2 N–H and O–H groups in total. The Hall–Kier alpha value is -1.88. The van der Waals surface area contributed by atoms with E-state index in [0.29, 0.717) is 6.04 Å². The average Bonchev–Trinajstić information content (AvgIpc) is 2.95. The van der Waals surface area contributed by atoms with Gasteiger partial charge in [-0.15, -0.1) is 11.3 Å². The van der Waals surface area contributed by atoms with Crippen LogP contribution in [0.2, 0.25) is 0 Å². The Morgan fingerprint density at radius 3 is 2.55 bits per heavy atom. The topological polar surface area (TPSA) is 54.0 Å². The summed E-state index contributed by atoms with van der Waals surface area (Å²) in [4.78, 5) is 16.5. The van der Waals surface area contributed by atoms with Crippen molar-refractivity contribution >= 4 is 23.1 Å². The smallest absolute Gasteiger partial charge is 0.319 e. The first kappa shape index (κ1) is 15.0. The maximum absolute atomic E-state index is 12.0. The van der Waals surface area contributed by atoms with Crippen molar-refractivity contribution in [2.75, 3.05) is 5.32 Å². The molecule has 1 aliphatic rings. The molecule has 0 bridgehead atoms. The number of nitrogens with zero attached hydrogens (tertiary/aromatic N) is 1. The van der Waals surface area contributed by atoms with Crippen LogP contribution in [-0.4, -0.2) is 17.1 Å². The highest BCUT2D eigenvalue weighted by Crippen LogP contribution is 2.25. The normalized spacial score (nSPS) is 15.5. The van der Waals surface area contributed by atoms with Crippen LogP contribution in [0.4, 0.5) is 10.5 Å². The summed E-state index contributed by atoms with van der Waals surface area (Å²) in [5, 5.41) is 9.01. The van der Waals surface area contributed by atoms with Crippen molar-refractivity contribution in [2.24, 2.45) is 0 Å². The molecule has 1 saturated carbocycles. The summed E-state index contributed by atoms with van der Waals surface area (Å²) in [5.41, 5.74) is 2.93. The van der Waals surface area contributed by atoms with Crippen LogP contribution in [-0.2, 0) is 0 Å². The Kier molecular flexibility index (Phi) is 4.73. The van der Waals surface area contributed by atoms with Crippen molar-refractivity contribution in [3.05, 3.63) is 35.3 Å². The fraction of sp³-hybridized carbons (Fsp3) is 0.412. The fourth-order valence-electron chi connectivity index (χ4n) is 2.78. The Labute approximate surface area is 135 Å². The van der Waals surface area contributed by atoms with Crippen molar-refractivity contribution < 1.29 is 4.79 Å². The molecule has 0 radical (unpaired) electrons. The molecule has 2 amide bonds. The summed E-state index contributed by atoms with van der Waals surface area (Å²) in [6, 6.07) is 8.05. The number of hydrogen-bond donors (Lipinski definition) is 2. The van der Waals surface area contributed by atoms with Crippen LogP contribution in [0, 0.1) is 6.92 Å². The Morgan fingerprint density at radius 1 is 1.18 bits per heavy atom. The standard InChI is InChI=1S/C17H21N3OS/c1-12-11-22-16(18-12)13-7-9-15(10-8-13)20-17(21)19-14-5-3-2-4-6-14/h7-11,14H,2-6H2,1H3,(H2,19,20,21). The lowest BCUT2D eigenvalue weighted by Gasteiger charge is -2.22. The second-order valence-electron chi connectivity index (χ2n) is 5.80. The predicted octanol–water partition coefficient (Wildman–Crippen LogP) is 4.57. The largest absolute Gasteiger partial charge is 0.335 e. The van der Waals surface area contributed by atoms with Gasteiger partial charge in [0.15, 0.2) is 0 Å². The zero-order valence-electron chi connectivity index (χ0n) is 12.8. The van der Waals surface area contributed by atoms with E-state index < -0.39 is 0 Å². The minimum Gasteiger partial charge on any atom is -0.335 e. The number of aromatic nitrogens is 1. The minimum absolute atomic E-state index is 0.107. The first-order chi connectivity index (χ1) is 10.7. The number of carbonyl (C=O) groups is 1. The number of amides is 2. The molecule has 0 unspecified atom stereocenters. The van der Waals surface area contributed by atoms with E-state index >= 15 is 0 Å². The average molecular weight is 315 g/mol. The SMILES string of the molecule is Cc1csc(-c2ccc(NC(=O)NC3CCCCC3)cc2)n1. The molecule has 0 spiro atoms. The van der Waals surface area contributed by atoms with Crippen LogP contribution < -0.4 is 10.6 Å². The second-order valence-corrected chi connectivity index (χ2v) is 6.66. The van der Waals surface area contributed by atoms with Crippen molar-refractivity contribution in [3.63, 3.8) is 0 Å². The van der Waals surface area contributed by atoms with Crippen LogP contribution in [0.1, 0.15) is 37.8 Å². The van der Waals surface area contributed by atoms with Crippen molar-refractivity contribution in [2.45, 2.75) is 45.1 Å². The van der Waals surface area contributed by atoms with Gasteiger partial charge in [-0.2, -0.15) is 0 Å². The van der Waals surface area contributed by atoms with E-state index in [-0.39, 0.29) is 6.03 Å². The van der Waals surface area contributed by atoms with E-state index in [1.807, 2.05) is 36.6 Å². The highest BCUT2D eigenvalue weighted by atomic mass is 32.1. The zero-order chi connectivity index (χ0) is 15.4. The van der Waals surface area contributed by atoms with Crippen molar-refractivity contribution in [1.29, 1.82) is 0 Å². The number of nitrogens with one attached hydrogen (secondary N) is 2. The van der Waals surface area contributed by atoms with Crippen molar-refractivity contribution in [1.82, 2.24) is 10.3 Å². The molecule has 1 aromatic carbocycles. The maximum Gasteiger partial charge on any atom is 0.319 e. The van der Waals surface area contributed by atoms with Crippen LogP contribution in [0.5, 0.6) is 0 Å². The van der Waals surface area contributed by atoms with Gasteiger partial charge < -0.3 is 10.6 Å². The van der Waals surface area contributed by atoms with Gasteiger partial charge >= 0.3 is 6.03 Å². The minimum atomic E-state index is -0.107. The lowest BCUT2D eigenvalue weighted by atomic mass is 9.96. The molecule has 22 heavy (non-hydrogen) atoms. The Morgan fingerprint density at radius 2 is 1.91 bits per heavy atom. The number of carbonyl (C=O) groups excluding carboxylic acids is 1. The van der Waals surface area contributed by atoms with Gasteiger partial charge in [-0.3, -0.25) is 0 Å². The predicted molar refractivity (Wildman–Crippen MR) is 91.3 cm³/mol. The van der Waals surface area contributed by atoms with Crippen LogP contribution in [0.15, 0.2) is 29.6 Å². The molecule has 1 fully saturated rings. The van der Waals surface area contributed by atoms with Gasteiger partial charge in [-0.25, -0.2) is 9.78 Å². The molecule has 116 valence electrons. The molecule has 2 aromatic rings. The maximum atomic E-state index is 12.0. The summed E-state index contributed by atoms with van der Waals surface area (Å²) in [6.07, 6.45) is 5.91. The van der Waals surface area contributed by atoms with Crippen LogP contribution in [0.3, 0.4) is 0 Å². The third kappa shape index (κ3) is 3.85. The number of benzene rings is 1. The third-order valence-electron chi connectivity index (χ3n) is 3.95. The number of hydrogen-bond acceptors (Lipinski definition) is 3. The quantitative estimate of drug-likeness (QED) is 0.871. The van der Waals surface area contributed by atoms with E-state index in [4.69, 9.17) is 0 Å². The molecule has 1 aromatic heterocycles. The number of aryl methyl sites for hydroxylation is 1. The van der Waals surface area contributed by atoms with Crippen LogP contribution >= 0.6 is 11.3 Å². The van der Waals surface area contributed by atoms with Crippen LogP contribution in [0.25, 0.3) is 10.6 Å². The van der Waals surface area contributed by atoms with Gasteiger partial charge in [0.2, 0.25) is 0 Å². The van der Waals surface area contributed by atoms with Gasteiger partial charge in [0.1, 0.15) is 5.01 Å². The van der Waals surface area contributed by atoms with Gasteiger partial charge in [-0.05, 0) is 44.0 Å². The van der Waals surface area contributed by atoms with E-state index in [2.05, 4.69) is 15.6 Å². The molecule has 0 atom stereocenters. The number of thiazole rings is 1. The van der Waals surface area contributed by atoms with E-state index in [9.17, 15) is 4.79 Å². The zero-order valence-corrected chi connectivity index (χ0v) is 13.6. The number of urea groups is 1. The van der Waals surface area contributed by atoms with E-state index in [1.54, 1.807) is 11.3 Å². The first-order valence-corrected chi connectivity index (χ1v) is 8.69. The first-order valence-electron chi connectivity index (χ1n) is 7.81. The summed E-state index contributed by atoms with van der Waals surface area (Å²) >= 11 is 1.63. The second kappa shape index (κ2) is 6.92. The van der Waals surface area contributed by atoms with Gasteiger partial charge in [-0.1, -0.05) is 19.3 Å². The summed E-state index contributed by atoms with van der Waals surface area (Å²) < 4.78 is 0. The van der Waals surface area contributed by atoms with Gasteiger partial charge in [0, 0.05) is 28.4 Å². The lowest BCUT2D eigenvalue weighted by Crippen LogP contribution is -2.38.